The molecule has 1 aromatic heterocycles. The van der Waals surface area contributed by atoms with E-state index in [2.05, 4.69) is 11.1 Å². The van der Waals surface area contributed by atoms with E-state index < -0.39 is 0 Å². The van der Waals surface area contributed by atoms with Gasteiger partial charge in [-0.15, -0.1) is 0 Å². The van der Waals surface area contributed by atoms with Gasteiger partial charge in [-0.25, -0.2) is 0 Å². The van der Waals surface area contributed by atoms with Crippen molar-refractivity contribution < 1.29 is 9.53 Å². The zero-order valence-electron chi connectivity index (χ0n) is 13.2. The number of ketones is 1. The number of rotatable bonds is 1. The van der Waals surface area contributed by atoms with Crippen molar-refractivity contribution in [3.05, 3.63) is 57.7 Å². The number of aromatic amines is 1. The first-order valence-corrected chi connectivity index (χ1v) is 7.69. The molecule has 2 unspecified atom stereocenters. The second-order valence-electron chi connectivity index (χ2n) is 6.96. The second kappa shape index (κ2) is 5.27. The third kappa shape index (κ3) is 2.91. The van der Waals surface area contributed by atoms with E-state index in [1.807, 2.05) is 32.9 Å². The molecule has 116 valence electrons. The van der Waals surface area contributed by atoms with Crippen molar-refractivity contribution >= 4 is 5.78 Å². The Hall–Kier alpha value is -2.10. The van der Waals surface area contributed by atoms with Gasteiger partial charge in [-0.2, -0.15) is 0 Å². The van der Waals surface area contributed by atoms with Crippen molar-refractivity contribution in [1.29, 1.82) is 0 Å². The van der Waals surface area contributed by atoms with Gasteiger partial charge in [-0.3, -0.25) is 9.59 Å². The minimum Gasteiger partial charge on any atom is -0.488 e. The molecule has 2 aliphatic carbocycles. The molecule has 0 amide bonds. The van der Waals surface area contributed by atoms with Crippen molar-refractivity contribution in [1.82, 2.24) is 4.98 Å². The van der Waals surface area contributed by atoms with E-state index in [4.69, 9.17) is 4.74 Å². The molecule has 0 fully saturated rings. The molecule has 0 spiro atoms. The molecule has 0 saturated heterocycles. The van der Waals surface area contributed by atoms with Gasteiger partial charge >= 0.3 is 0 Å². The molecule has 0 bridgehead atoms. The van der Waals surface area contributed by atoms with E-state index in [0.717, 1.165) is 24.2 Å². The van der Waals surface area contributed by atoms with Crippen LogP contribution in [0.2, 0.25) is 0 Å². The number of aromatic nitrogens is 1. The molecule has 0 aromatic carbocycles. The Morgan fingerprint density at radius 1 is 1.23 bits per heavy atom. The Morgan fingerprint density at radius 3 is 2.73 bits per heavy atom. The lowest BCUT2D eigenvalue weighted by atomic mass is 9.83. The SMILES string of the molecule is CC(C)(C)OC1=CC2C(=O)c3[nH]c(=O)ccc3CCC2C=C1. The summed E-state index contributed by atoms with van der Waals surface area (Å²) < 4.78 is 5.88. The number of fused-ring (bicyclic) bond motifs is 2. The van der Waals surface area contributed by atoms with Gasteiger partial charge in [0.2, 0.25) is 5.56 Å². The first-order chi connectivity index (χ1) is 10.3. The Labute approximate surface area is 129 Å². The highest BCUT2D eigenvalue weighted by atomic mass is 16.5. The third-order valence-corrected chi connectivity index (χ3v) is 4.04. The summed E-state index contributed by atoms with van der Waals surface area (Å²) in [7, 11) is 0. The van der Waals surface area contributed by atoms with E-state index >= 15 is 0 Å². The quantitative estimate of drug-likeness (QED) is 0.867. The highest BCUT2D eigenvalue weighted by molar-refractivity contribution is 5.99. The average Bonchev–Trinajstić information content (AvgIpc) is 2.56. The average molecular weight is 299 g/mol. The largest absolute Gasteiger partial charge is 0.488 e. The number of pyridine rings is 1. The maximum absolute atomic E-state index is 12.8. The maximum Gasteiger partial charge on any atom is 0.248 e. The van der Waals surface area contributed by atoms with Crippen LogP contribution >= 0.6 is 0 Å². The van der Waals surface area contributed by atoms with Gasteiger partial charge in [0.1, 0.15) is 11.4 Å². The summed E-state index contributed by atoms with van der Waals surface area (Å²) in [6, 6.07) is 3.25. The van der Waals surface area contributed by atoms with Gasteiger partial charge in [0.25, 0.3) is 0 Å². The number of ether oxygens (including phenoxy) is 1. The number of hydrogen-bond acceptors (Lipinski definition) is 3. The van der Waals surface area contributed by atoms with Gasteiger partial charge in [-0.1, -0.05) is 12.1 Å². The van der Waals surface area contributed by atoms with Crippen LogP contribution in [0.25, 0.3) is 0 Å². The smallest absolute Gasteiger partial charge is 0.248 e. The summed E-state index contributed by atoms with van der Waals surface area (Å²) in [5.74, 6) is 0.607. The lowest BCUT2D eigenvalue weighted by molar-refractivity contribution is 0.0562. The number of allylic oxidation sites excluding steroid dienone is 3. The predicted octanol–water partition coefficient (Wildman–Crippen LogP) is 3.01. The van der Waals surface area contributed by atoms with E-state index in [-0.39, 0.29) is 28.8 Å². The minimum absolute atomic E-state index is 0.0189. The van der Waals surface area contributed by atoms with Crippen LogP contribution in [-0.2, 0) is 11.2 Å². The molecule has 4 heteroatoms. The number of carbonyl (C=O) groups is 1. The van der Waals surface area contributed by atoms with Crippen LogP contribution in [0.3, 0.4) is 0 Å². The topological polar surface area (TPSA) is 59.2 Å². The number of H-pyrrole nitrogens is 1. The van der Waals surface area contributed by atoms with Crippen LogP contribution in [0.5, 0.6) is 0 Å². The van der Waals surface area contributed by atoms with E-state index in [9.17, 15) is 9.59 Å². The summed E-state index contributed by atoms with van der Waals surface area (Å²) in [6.07, 6.45) is 7.61. The van der Waals surface area contributed by atoms with Crippen molar-refractivity contribution in [2.45, 2.75) is 39.2 Å². The Kier molecular flexibility index (Phi) is 3.55. The molecule has 0 saturated carbocycles. The van der Waals surface area contributed by atoms with Crippen LogP contribution in [0.15, 0.2) is 40.9 Å². The number of nitrogens with one attached hydrogen (secondary N) is 1. The molecule has 3 rings (SSSR count). The van der Waals surface area contributed by atoms with Gasteiger partial charge in [-0.05, 0) is 57.2 Å². The summed E-state index contributed by atoms with van der Waals surface area (Å²) in [5.41, 5.74) is 0.857. The molecular formula is C18H21NO3. The van der Waals surface area contributed by atoms with Crippen LogP contribution < -0.4 is 5.56 Å². The van der Waals surface area contributed by atoms with Crippen molar-refractivity contribution in [3.63, 3.8) is 0 Å². The lowest BCUT2D eigenvalue weighted by Crippen LogP contribution is -2.26. The van der Waals surface area contributed by atoms with Crippen molar-refractivity contribution in [3.8, 4) is 0 Å². The summed E-state index contributed by atoms with van der Waals surface area (Å²) in [5, 5.41) is 0. The van der Waals surface area contributed by atoms with E-state index in [0.29, 0.717) is 5.69 Å². The summed E-state index contributed by atoms with van der Waals surface area (Å²) in [4.78, 5) is 27.1. The van der Waals surface area contributed by atoms with E-state index in [1.54, 1.807) is 6.07 Å². The molecule has 2 atom stereocenters. The Morgan fingerprint density at radius 2 is 2.00 bits per heavy atom. The fraction of sp³-hybridized carbons (Fsp3) is 0.444. The fourth-order valence-corrected chi connectivity index (χ4v) is 3.08. The fourth-order valence-electron chi connectivity index (χ4n) is 3.08. The highest BCUT2D eigenvalue weighted by Crippen LogP contribution is 2.34. The van der Waals surface area contributed by atoms with Gasteiger partial charge < -0.3 is 9.72 Å². The zero-order valence-corrected chi connectivity index (χ0v) is 13.2. The number of hydrogen-bond donors (Lipinski definition) is 1. The zero-order chi connectivity index (χ0) is 15.9. The molecule has 1 N–H and O–H groups in total. The molecule has 1 aromatic rings. The van der Waals surface area contributed by atoms with Crippen molar-refractivity contribution in [2.24, 2.45) is 11.8 Å². The normalized spacial score (nSPS) is 24.1. The van der Waals surface area contributed by atoms with Gasteiger partial charge in [0, 0.05) is 6.07 Å². The number of Topliss-reactive ketones (excluding diaryl/α,β-unsaturated/α-hetero) is 1. The second-order valence-corrected chi connectivity index (χ2v) is 6.96. The van der Waals surface area contributed by atoms with Crippen LogP contribution in [0, 0.1) is 11.8 Å². The summed E-state index contributed by atoms with van der Waals surface area (Å²) >= 11 is 0. The summed E-state index contributed by atoms with van der Waals surface area (Å²) in [6.45, 7) is 5.94. The highest BCUT2D eigenvalue weighted by Gasteiger charge is 2.33. The Balaban J connectivity index is 1.97. The molecular weight excluding hydrogens is 278 g/mol. The maximum atomic E-state index is 12.8. The van der Waals surface area contributed by atoms with Gasteiger partial charge in [0.05, 0.1) is 11.6 Å². The number of carbonyl (C=O) groups excluding carboxylic acids is 1. The number of aryl methyl sites for hydroxylation is 1. The first-order valence-electron chi connectivity index (χ1n) is 7.69. The van der Waals surface area contributed by atoms with E-state index in [1.165, 1.54) is 6.07 Å². The molecule has 22 heavy (non-hydrogen) atoms. The predicted molar refractivity (Wildman–Crippen MR) is 84.8 cm³/mol. The van der Waals surface area contributed by atoms with Crippen LogP contribution in [0.4, 0.5) is 0 Å². The standard InChI is InChI=1S/C18H21NO3/c1-18(2,3)22-13-8-6-11-4-5-12-7-9-15(20)19-16(12)17(21)14(11)10-13/h6-11,14H,4-5H2,1-3H3,(H,19,20). The molecule has 2 aliphatic rings. The van der Waals surface area contributed by atoms with Gasteiger partial charge in [0.15, 0.2) is 5.78 Å². The monoisotopic (exact) mass is 299 g/mol. The minimum atomic E-state index is -0.303. The van der Waals surface area contributed by atoms with Crippen LogP contribution in [-0.4, -0.2) is 16.4 Å². The first kappa shape index (κ1) is 14.8. The van der Waals surface area contributed by atoms with Crippen molar-refractivity contribution in [2.75, 3.05) is 0 Å². The third-order valence-electron chi connectivity index (χ3n) is 4.04. The van der Waals surface area contributed by atoms with Crippen LogP contribution in [0.1, 0.15) is 43.2 Å². The molecule has 1 heterocycles. The molecule has 4 nitrogen and oxygen atoms in total. The lowest BCUT2D eigenvalue weighted by Gasteiger charge is -2.27. The molecule has 0 aliphatic heterocycles. The molecule has 0 radical (unpaired) electrons. The Bertz CT molecular complexity index is 719.